The molecule has 0 N–H and O–H groups in total. The minimum absolute atomic E-state index is 0.0120. The predicted octanol–water partition coefficient (Wildman–Crippen LogP) is 1.06. The molecule has 9 nitrogen and oxygen atoms in total. The molecule has 1 atom stereocenters. The number of fused-ring (bicyclic) bond motifs is 1. The molecule has 1 fully saturated rings. The van der Waals surface area contributed by atoms with Crippen molar-refractivity contribution < 1.29 is 27.1 Å². The highest BCUT2D eigenvalue weighted by molar-refractivity contribution is 7.86. The Morgan fingerprint density at radius 3 is 2.70 bits per heavy atom. The summed E-state index contributed by atoms with van der Waals surface area (Å²) in [6.07, 6.45) is 2.90. The number of carbonyl (C=O) groups excluding carboxylic acids is 1. The van der Waals surface area contributed by atoms with Crippen LogP contribution < -0.4 is 0 Å². The number of nitro groups is 1. The summed E-state index contributed by atoms with van der Waals surface area (Å²) >= 11 is 0. The average molecular weight is 340 g/mol. The van der Waals surface area contributed by atoms with E-state index < -0.39 is 26.7 Å². The molecule has 2 aliphatic rings. The van der Waals surface area contributed by atoms with Crippen molar-refractivity contribution in [1.29, 1.82) is 0 Å². The van der Waals surface area contributed by atoms with E-state index in [4.69, 9.17) is 8.92 Å². The normalized spacial score (nSPS) is 23.0. The van der Waals surface area contributed by atoms with E-state index in [9.17, 15) is 23.3 Å². The molecule has 1 aromatic rings. The van der Waals surface area contributed by atoms with Crippen molar-refractivity contribution in [3.63, 3.8) is 0 Å². The maximum atomic E-state index is 12.2. The summed E-state index contributed by atoms with van der Waals surface area (Å²) in [5, 5.41) is 10.6. The van der Waals surface area contributed by atoms with Crippen LogP contribution in [0.25, 0.3) is 0 Å². The Morgan fingerprint density at radius 1 is 1.35 bits per heavy atom. The number of carbonyl (C=O) groups is 1. The Balaban J connectivity index is 1.75. The molecule has 10 heteroatoms. The fraction of sp³-hybridized carbons (Fsp3) is 0.308. The molecule has 0 radical (unpaired) electrons. The highest BCUT2D eigenvalue weighted by Gasteiger charge is 2.49. The molecule has 0 saturated carbocycles. The van der Waals surface area contributed by atoms with Crippen LogP contribution in [0.15, 0.2) is 41.3 Å². The molecule has 0 bridgehead atoms. The molecular weight excluding hydrogens is 328 g/mol. The number of amides is 1. The maximum Gasteiger partial charge on any atom is 0.411 e. The third-order valence-corrected chi connectivity index (χ3v) is 5.00. The molecule has 1 saturated heterocycles. The first kappa shape index (κ1) is 15.4. The number of nitrogens with zero attached hydrogens (tertiary/aromatic N) is 2. The van der Waals surface area contributed by atoms with Gasteiger partial charge in [-0.15, -0.1) is 0 Å². The number of benzene rings is 1. The zero-order valence-electron chi connectivity index (χ0n) is 11.7. The molecule has 2 aliphatic heterocycles. The number of non-ortho nitro benzene ring substituents is 1. The van der Waals surface area contributed by atoms with E-state index in [0.29, 0.717) is 6.54 Å². The molecule has 0 aromatic heterocycles. The molecular formula is C13H12N2O7S. The lowest BCUT2D eigenvalue weighted by Gasteiger charge is -2.26. The largest absolute Gasteiger partial charge is 0.446 e. The average Bonchev–Trinajstić information content (AvgIpc) is 3.07. The van der Waals surface area contributed by atoms with Gasteiger partial charge in [-0.1, -0.05) is 12.2 Å². The van der Waals surface area contributed by atoms with Crippen molar-refractivity contribution in [2.24, 2.45) is 0 Å². The van der Waals surface area contributed by atoms with Crippen LogP contribution in [-0.4, -0.2) is 49.6 Å². The van der Waals surface area contributed by atoms with Crippen molar-refractivity contribution in [2.75, 3.05) is 19.8 Å². The number of cyclic esters (lactones) is 1. The molecule has 0 unspecified atom stereocenters. The second-order valence-electron chi connectivity index (χ2n) is 5.14. The van der Waals surface area contributed by atoms with Gasteiger partial charge in [0, 0.05) is 18.7 Å². The van der Waals surface area contributed by atoms with Crippen molar-refractivity contribution in [2.45, 2.75) is 10.4 Å². The number of hydrogen-bond donors (Lipinski definition) is 0. The molecule has 3 rings (SSSR count). The van der Waals surface area contributed by atoms with Crippen molar-refractivity contribution in [3.8, 4) is 0 Å². The van der Waals surface area contributed by atoms with E-state index in [1.165, 1.54) is 4.90 Å². The Morgan fingerprint density at radius 2 is 2.04 bits per heavy atom. The van der Waals surface area contributed by atoms with Gasteiger partial charge in [-0.05, 0) is 12.1 Å². The molecule has 2 heterocycles. The van der Waals surface area contributed by atoms with E-state index in [1.807, 2.05) is 0 Å². The van der Waals surface area contributed by atoms with Gasteiger partial charge in [-0.3, -0.25) is 19.2 Å². The van der Waals surface area contributed by atoms with E-state index in [-0.39, 0.29) is 23.8 Å². The predicted molar refractivity (Wildman–Crippen MR) is 76.2 cm³/mol. The van der Waals surface area contributed by atoms with Gasteiger partial charge in [0.1, 0.15) is 12.1 Å². The zero-order chi connectivity index (χ0) is 16.7. The second kappa shape index (κ2) is 5.32. The van der Waals surface area contributed by atoms with E-state index in [2.05, 4.69) is 0 Å². The first-order valence-electron chi connectivity index (χ1n) is 6.60. The number of ether oxygens (including phenoxy) is 1. The summed E-state index contributed by atoms with van der Waals surface area (Å²) in [5.74, 6) is 0. The minimum atomic E-state index is -4.10. The van der Waals surface area contributed by atoms with Crippen molar-refractivity contribution in [1.82, 2.24) is 4.90 Å². The van der Waals surface area contributed by atoms with Gasteiger partial charge in [0.2, 0.25) is 0 Å². The summed E-state index contributed by atoms with van der Waals surface area (Å²) in [6, 6.07) is 4.37. The monoisotopic (exact) mass is 340 g/mol. The summed E-state index contributed by atoms with van der Waals surface area (Å²) < 4.78 is 34.3. The summed E-state index contributed by atoms with van der Waals surface area (Å²) in [5.41, 5.74) is -1.15. The van der Waals surface area contributed by atoms with Crippen molar-refractivity contribution >= 4 is 21.9 Å². The minimum Gasteiger partial charge on any atom is -0.446 e. The lowest BCUT2D eigenvalue weighted by molar-refractivity contribution is -0.384. The van der Waals surface area contributed by atoms with Crippen LogP contribution in [-0.2, 0) is 19.0 Å². The SMILES string of the molecule is O=C1OC[C@]2(COS(=O)(=O)c3ccc([N+](=O)[O-])cc3)C=CCN12. The molecule has 122 valence electrons. The molecule has 1 amide bonds. The third-order valence-electron chi connectivity index (χ3n) is 3.72. The lowest BCUT2D eigenvalue weighted by Crippen LogP contribution is -2.46. The van der Waals surface area contributed by atoms with Crippen molar-refractivity contribution in [3.05, 3.63) is 46.5 Å². The number of rotatable bonds is 5. The molecule has 1 aromatic carbocycles. The van der Waals surface area contributed by atoms with Crippen LogP contribution in [0.3, 0.4) is 0 Å². The Bertz CT molecular complexity index is 787. The van der Waals surface area contributed by atoms with E-state index >= 15 is 0 Å². The fourth-order valence-electron chi connectivity index (χ4n) is 2.45. The highest BCUT2D eigenvalue weighted by Crippen LogP contribution is 2.31. The van der Waals surface area contributed by atoms with E-state index in [1.54, 1.807) is 12.2 Å². The first-order chi connectivity index (χ1) is 10.8. The fourth-order valence-corrected chi connectivity index (χ4v) is 3.41. The highest BCUT2D eigenvalue weighted by atomic mass is 32.2. The summed E-state index contributed by atoms with van der Waals surface area (Å²) in [4.78, 5) is 22.7. The van der Waals surface area contributed by atoms with Crippen LogP contribution in [0.2, 0.25) is 0 Å². The quantitative estimate of drug-likeness (QED) is 0.340. The van der Waals surface area contributed by atoms with E-state index in [0.717, 1.165) is 24.3 Å². The number of nitro benzene ring substituents is 1. The second-order valence-corrected chi connectivity index (χ2v) is 6.75. The third kappa shape index (κ3) is 2.66. The zero-order valence-corrected chi connectivity index (χ0v) is 12.6. The molecule has 0 aliphatic carbocycles. The maximum absolute atomic E-state index is 12.2. The Labute approximate surface area is 131 Å². The van der Waals surface area contributed by atoms with Gasteiger partial charge < -0.3 is 4.74 Å². The van der Waals surface area contributed by atoms with Gasteiger partial charge in [0.15, 0.2) is 0 Å². The smallest absolute Gasteiger partial charge is 0.411 e. The first-order valence-corrected chi connectivity index (χ1v) is 8.01. The summed E-state index contributed by atoms with van der Waals surface area (Å²) in [6.45, 7) is 0.0620. The van der Waals surface area contributed by atoms with Crippen LogP contribution in [0, 0.1) is 10.1 Å². The van der Waals surface area contributed by atoms with Crippen LogP contribution in [0.4, 0.5) is 10.5 Å². The molecule has 0 spiro atoms. The lowest BCUT2D eigenvalue weighted by atomic mass is 10.0. The van der Waals surface area contributed by atoms with Gasteiger partial charge in [0.25, 0.3) is 15.8 Å². The van der Waals surface area contributed by atoms with Crippen LogP contribution >= 0.6 is 0 Å². The standard InChI is InChI=1S/C13H12N2O7S/c16-12-14-7-1-6-13(14,8-21-12)9-22-23(19,20)11-4-2-10(3-5-11)15(17)18/h1-6H,7-9H2/t13-/m0/s1. The van der Waals surface area contributed by atoms with Gasteiger partial charge in [-0.25, -0.2) is 4.79 Å². The van der Waals surface area contributed by atoms with Gasteiger partial charge in [-0.2, -0.15) is 8.42 Å². The van der Waals surface area contributed by atoms with Gasteiger partial charge >= 0.3 is 6.09 Å². The molecule has 23 heavy (non-hydrogen) atoms. The van der Waals surface area contributed by atoms with Crippen LogP contribution in [0.1, 0.15) is 0 Å². The van der Waals surface area contributed by atoms with Crippen LogP contribution in [0.5, 0.6) is 0 Å². The Kier molecular flexibility index (Phi) is 3.57. The van der Waals surface area contributed by atoms with Gasteiger partial charge in [0.05, 0.1) is 16.4 Å². The Hall–Kier alpha value is -2.46. The number of hydrogen-bond acceptors (Lipinski definition) is 7. The summed E-state index contributed by atoms with van der Waals surface area (Å²) in [7, 11) is -4.10. The topological polar surface area (TPSA) is 116 Å².